The van der Waals surface area contributed by atoms with Crippen molar-refractivity contribution in [3.05, 3.63) is 121 Å². The second-order valence-corrected chi connectivity index (χ2v) is 22.7. The smallest absolute Gasteiger partial charge is 0.192 e. The molecule has 3 aromatic carbocycles. The van der Waals surface area contributed by atoms with Crippen LogP contribution in [0.15, 0.2) is 104 Å². The van der Waals surface area contributed by atoms with Gasteiger partial charge in [-0.3, -0.25) is 9.13 Å². The highest BCUT2D eigenvalue weighted by Gasteiger charge is 2.47. The van der Waals surface area contributed by atoms with Gasteiger partial charge in [-0.05, 0) is 59.1 Å². The third-order valence-corrected chi connectivity index (χ3v) is 17.3. The summed E-state index contributed by atoms with van der Waals surface area (Å²) in [5, 5.41) is 19.0. The Morgan fingerprint density at radius 1 is 0.682 bits per heavy atom. The minimum absolute atomic E-state index is 0.000929. The lowest BCUT2D eigenvalue weighted by atomic mass is 9.80. The second-order valence-electron chi connectivity index (χ2n) is 17.9. The SMILES string of the molecule is COc1ccc(C(OC[C@@H]2C[C@@H](O[Si](C)(C)C(C)(C)C)[C@H](n3cnc4c(N)ncnc43)O2)(c2ccccc2)c2ccc(OC)cc2)cc1.Nc1ncnc2c1ncn2[C@@H]1O[C@H](CO)C[C@H]1O. The third-order valence-electron chi connectivity index (χ3n) is 12.7. The van der Waals surface area contributed by atoms with Crippen molar-refractivity contribution in [3.63, 3.8) is 0 Å². The van der Waals surface area contributed by atoms with Crippen LogP contribution >= 0.6 is 0 Å². The Bertz CT molecular complexity index is 2670. The van der Waals surface area contributed by atoms with E-state index in [1.807, 2.05) is 47.0 Å². The van der Waals surface area contributed by atoms with Crippen molar-refractivity contribution in [2.24, 2.45) is 0 Å². The Kier molecular flexibility index (Phi) is 13.4. The van der Waals surface area contributed by atoms with Crippen LogP contribution in [-0.2, 0) is 24.2 Å². The summed E-state index contributed by atoms with van der Waals surface area (Å²) in [5.74, 6) is 2.13. The Labute approximate surface area is 384 Å². The summed E-state index contributed by atoms with van der Waals surface area (Å²) in [7, 11) is 1.13. The number of nitrogens with zero attached hydrogens (tertiary/aromatic N) is 8. The van der Waals surface area contributed by atoms with Crippen molar-refractivity contribution in [2.45, 2.75) is 94.2 Å². The van der Waals surface area contributed by atoms with E-state index in [0.717, 1.165) is 28.2 Å². The van der Waals surface area contributed by atoms with Crippen LogP contribution in [0.25, 0.3) is 22.3 Å². The lowest BCUT2D eigenvalue weighted by Gasteiger charge is -2.39. The van der Waals surface area contributed by atoms with Gasteiger partial charge in [0, 0.05) is 12.8 Å². The fourth-order valence-electron chi connectivity index (χ4n) is 8.23. The molecule has 2 aliphatic rings. The number of hydrogen-bond donors (Lipinski definition) is 4. The first kappa shape index (κ1) is 46.5. The number of ether oxygens (including phenoxy) is 5. The molecule has 66 heavy (non-hydrogen) atoms. The van der Waals surface area contributed by atoms with Crippen LogP contribution in [0.2, 0.25) is 18.1 Å². The Balaban J connectivity index is 0.000000273. The zero-order valence-corrected chi connectivity index (χ0v) is 39.2. The average Bonchev–Trinajstić information content (AvgIpc) is 4.13. The van der Waals surface area contributed by atoms with Crippen LogP contribution in [0.4, 0.5) is 11.6 Å². The van der Waals surface area contributed by atoms with Crippen molar-refractivity contribution in [2.75, 3.05) is 38.9 Å². The number of rotatable bonds is 13. The highest BCUT2D eigenvalue weighted by Crippen LogP contribution is 2.45. The van der Waals surface area contributed by atoms with Gasteiger partial charge < -0.3 is 49.8 Å². The summed E-state index contributed by atoms with van der Waals surface area (Å²) >= 11 is 0. The number of hydrogen-bond acceptors (Lipinski definition) is 16. The molecule has 9 rings (SSSR count). The van der Waals surface area contributed by atoms with E-state index < -0.39 is 32.5 Å². The molecule has 2 aliphatic heterocycles. The first-order valence-corrected chi connectivity index (χ1v) is 24.7. The van der Waals surface area contributed by atoms with Crippen molar-refractivity contribution < 1.29 is 38.3 Å². The molecule has 6 N–H and O–H groups in total. The van der Waals surface area contributed by atoms with Crippen LogP contribution < -0.4 is 20.9 Å². The number of imidazole rings is 2. The van der Waals surface area contributed by atoms with Gasteiger partial charge in [0.25, 0.3) is 0 Å². The molecule has 0 spiro atoms. The number of anilines is 2. The summed E-state index contributed by atoms with van der Waals surface area (Å²) in [5.41, 5.74) is 15.9. The average molecular weight is 919 g/mol. The van der Waals surface area contributed by atoms with E-state index in [1.165, 1.54) is 19.0 Å². The van der Waals surface area contributed by atoms with E-state index in [1.54, 1.807) is 25.1 Å². The Morgan fingerprint density at radius 3 is 1.67 bits per heavy atom. The zero-order chi connectivity index (χ0) is 46.8. The number of aromatic nitrogens is 8. The molecule has 6 atom stereocenters. The molecule has 7 aromatic rings. The number of methoxy groups -OCH3 is 2. The van der Waals surface area contributed by atoms with Gasteiger partial charge in [-0.25, -0.2) is 29.9 Å². The summed E-state index contributed by atoms with van der Waals surface area (Å²) in [6.07, 6.45) is 4.25. The van der Waals surface area contributed by atoms with Crippen LogP contribution in [0, 0.1) is 0 Å². The third kappa shape index (κ3) is 9.07. The summed E-state index contributed by atoms with van der Waals surface area (Å²) in [6, 6.07) is 26.3. The van der Waals surface area contributed by atoms with E-state index in [-0.39, 0.29) is 42.4 Å². The molecule has 2 saturated heterocycles. The molecule has 0 aliphatic carbocycles. The van der Waals surface area contributed by atoms with Gasteiger partial charge in [0.1, 0.15) is 46.9 Å². The molecular formula is C47H58N10O8Si. The maximum atomic E-state index is 9.93. The molecule has 6 heterocycles. The number of aliphatic hydroxyl groups is 2. The van der Waals surface area contributed by atoms with E-state index in [4.69, 9.17) is 44.7 Å². The highest BCUT2D eigenvalue weighted by molar-refractivity contribution is 6.74. The minimum Gasteiger partial charge on any atom is -0.497 e. The molecule has 0 unspecified atom stereocenters. The Hall–Kier alpha value is -6.06. The second kappa shape index (κ2) is 19.0. The standard InChI is InChI=1S/C37H45N5O5Si.C10H13N5O3/c1-36(2,3)48(6,7)47-31-21-30(46-35(31)42-24-41-32-33(38)39-23-40-34(32)42)22-45-37(25-11-9-8-10-12-25,26-13-17-28(43-4)18-14-26)27-15-19-29(44-5)20-16-27;11-8-7-9(13-3-12-8)15(4-14-7)10-6(17)1-5(2-16)18-10/h8-20,23-24,30-31,35H,21-22H2,1-7H3,(H2,38,39,40);3-6,10,16-17H,1-2H2,(H2,11,12,13)/t30-,31+,35+;5-,6+,10+/m00/s1. The molecule has 0 amide bonds. The largest absolute Gasteiger partial charge is 0.497 e. The van der Waals surface area contributed by atoms with Gasteiger partial charge in [-0.2, -0.15) is 0 Å². The lowest BCUT2D eigenvalue weighted by molar-refractivity contribution is -0.0841. The van der Waals surface area contributed by atoms with E-state index in [9.17, 15) is 5.11 Å². The topological polar surface area (TPSA) is 235 Å². The van der Waals surface area contributed by atoms with Crippen LogP contribution in [0.1, 0.15) is 62.8 Å². The normalized spacial score (nSPS) is 21.2. The van der Waals surface area contributed by atoms with Gasteiger partial charge in [0.15, 0.2) is 43.7 Å². The van der Waals surface area contributed by atoms with Gasteiger partial charge in [0.2, 0.25) is 0 Å². The van der Waals surface area contributed by atoms with Crippen molar-refractivity contribution in [3.8, 4) is 11.5 Å². The number of benzene rings is 3. The van der Waals surface area contributed by atoms with E-state index in [2.05, 4.69) is 100 Å². The van der Waals surface area contributed by atoms with Crippen molar-refractivity contribution in [1.82, 2.24) is 39.0 Å². The monoisotopic (exact) mass is 918 g/mol. The predicted octanol–water partition coefficient (Wildman–Crippen LogP) is 6.16. The molecule has 0 radical (unpaired) electrons. The minimum atomic E-state index is -2.20. The Morgan fingerprint density at radius 2 is 1.18 bits per heavy atom. The first-order valence-electron chi connectivity index (χ1n) is 21.8. The number of nitrogen functional groups attached to an aromatic ring is 2. The van der Waals surface area contributed by atoms with Crippen molar-refractivity contribution in [1.29, 1.82) is 0 Å². The first-order chi connectivity index (χ1) is 31.7. The molecular weight excluding hydrogens is 861 g/mol. The van der Waals surface area contributed by atoms with E-state index >= 15 is 0 Å². The molecule has 2 fully saturated rings. The van der Waals surface area contributed by atoms with Crippen molar-refractivity contribution >= 4 is 42.3 Å². The number of nitrogens with two attached hydrogens (primary N) is 2. The van der Waals surface area contributed by atoms with Gasteiger partial charge in [0.05, 0.1) is 58.4 Å². The van der Waals surface area contributed by atoms with E-state index in [0.29, 0.717) is 41.0 Å². The van der Waals surface area contributed by atoms with Gasteiger partial charge in [-0.1, -0.05) is 75.4 Å². The van der Waals surface area contributed by atoms with Crippen LogP contribution in [0.3, 0.4) is 0 Å². The number of fused-ring (bicyclic) bond motifs is 2. The molecule has 0 bridgehead atoms. The fourth-order valence-corrected chi connectivity index (χ4v) is 9.55. The fraction of sp³-hybridized carbons (Fsp3) is 0.404. The molecule has 19 heteroatoms. The molecule has 4 aromatic heterocycles. The van der Waals surface area contributed by atoms with Gasteiger partial charge in [-0.15, -0.1) is 0 Å². The summed E-state index contributed by atoms with van der Waals surface area (Å²) in [6.45, 7) is 11.4. The maximum absolute atomic E-state index is 9.93. The molecule has 348 valence electrons. The zero-order valence-electron chi connectivity index (χ0n) is 38.2. The molecule has 0 saturated carbocycles. The quantitative estimate of drug-likeness (QED) is 0.0749. The summed E-state index contributed by atoms with van der Waals surface area (Å²) < 4.78 is 41.2. The molecule has 18 nitrogen and oxygen atoms in total. The van der Waals surface area contributed by atoms with Gasteiger partial charge >= 0.3 is 0 Å². The lowest BCUT2D eigenvalue weighted by Crippen LogP contribution is -2.45. The van der Waals surface area contributed by atoms with Crippen LogP contribution in [0.5, 0.6) is 11.5 Å². The van der Waals surface area contributed by atoms with Crippen LogP contribution in [-0.4, -0.2) is 109 Å². The maximum Gasteiger partial charge on any atom is 0.192 e. The predicted molar refractivity (Wildman–Crippen MR) is 250 cm³/mol. The summed E-state index contributed by atoms with van der Waals surface area (Å²) in [4.78, 5) is 25.2. The number of aliphatic hydroxyl groups excluding tert-OH is 2. The highest BCUT2D eigenvalue weighted by atomic mass is 28.4.